The lowest BCUT2D eigenvalue weighted by molar-refractivity contribution is 1.44. The highest BCUT2D eigenvalue weighted by molar-refractivity contribution is 7.26. The van der Waals surface area contributed by atoms with Gasteiger partial charge in [-0.3, -0.25) is 0 Å². The van der Waals surface area contributed by atoms with Crippen molar-refractivity contribution in [3.63, 3.8) is 0 Å². The van der Waals surface area contributed by atoms with E-state index in [1.807, 2.05) is 24.3 Å². The number of thiophene rings is 1. The predicted octanol–water partition coefficient (Wildman–Crippen LogP) is 12.9. The van der Waals surface area contributed by atoms with Gasteiger partial charge in [0.2, 0.25) is 0 Å². The number of para-hydroxylation sites is 1. The van der Waals surface area contributed by atoms with E-state index in [-0.39, 0.29) is 0 Å². The molecule has 9 rings (SSSR count). The molecule has 7 aromatic carbocycles. The molecule has 2 aromatic heterocycles. The Balaban J connectivity index is 1.10. The summed E-state index contributed by atoms with van der Waals surface area (Å²) in [6.07, 6.45) is 0. The number of aromatic amines is 1. The number of fused-ring (bicyclic) bond motifs is 6. The zero-order valence-electron chi connectivity index (χ0n) is 28.1. The summed E-state index contributed by atoms with van der Waals surface area (Å²) in [4.78, 5) is 13.9. The largest absolute Gasteiger partial charge is 0.354 e. The van der Waals surface area contributed by atoms with Gasteiger partial charge in [0, 0.05) is 53.3 Å². The molecule has 0 saturated heterocycles. The first-order valence-corrected chi connectivity index (χ1v) is 17.9. The molecular weight excluding hydrogens is 639 g/mol. The van der Waals surface area contributed by atoms with E-state index in [1.54, 1.807) is 0 Å². The molecule has 0 spiro atoms. The minimum Gasteiger partial charge on any atom is -0.354 e. The Hall–Kier alpha value is -6.36. The number of nitrogens with zero attached hydrogens (tertiary/aromatic N) is 2. The van der Waals surface area contributed by atoms with E-state index < -0.39 is 0 Å². The molecule has 0 bridgehead atoms. The fourth-order valence-corrected chi connectivity index (χ4v) is 8.17. The smallest absolute Gasteiger partial charge is 0.160 e. The van der Waals surface area contributed by atoms with Crippen LogP contribution in [0, 0.1) is 0 Å². The van der Waals surface area contributed by atoms with Gasteiger partial charge in [0.1, 0.15) is 0 Å². The van der Waals surface area contributed by atoms with Gasteiger partial charge in [0.05, 0.1) is 5.70 Å². The Kier molecular flexibility index (Phi) is 7.72. The summed E-state index contributed by atoms with van der Waals surface area (Å²) in [5.41, 5.74) is 11.3. The highest BCUT2D eigenvalue weighted by Crippen LogP contribution is 2.40. The van der Waals surface area contributed by atoms with Crippen molar-refractivity contribution >= 4 is 70.6 Å². The molecule has 0 amide bonds. The number of H-pyrrole nitrogens is 1. The van der Waals surface area contributed by atoms with Crippen LogP contribution in [0.2, 0.25) is 0 Å². The summed E-state index contributed by atoms with van der Waals surface area (Å²) in [7, 11) is 0. The number of aromatic nitrogens is 1. The van der Waals surface area contributed by atoms with Crippen LogP contribution in [0.3, 0.4) is 0 Å². The molecule has 51 heavy (non-hydrogen) atoms. The molecule has 0 unspecified atom stereocenters. The molecule has 1 N–H and O–H groups in total. The normalized spacial score (nSPS) is 12.3. The highest BCUT2D eigenvalue weighted by atomic mass is 32.1. The monoisotopic (exact) mass is 671 g/mol. The van der Waals surface area contributed by atoms with Crippen molar-refractivity contribution in [2.75, 3.05) is 0 Å². The van der Waals surface area contributed by atoms with Gasteiger partial charge in [-0.2, -0.15) is 0 Å². The maximum absolute atomic E-state index is 5.19. The molecule has 0 saturated carbocycles. The van der Waals surface area contributed by atoms with Crippen LogP contribution in [0.5, 0.6) is 0 Å². The fraction of sp³-hybridized carbons (Fsp3) is 0.0213. The third-order valence-electron chi connectivity index (χ3n) is 9.60. The first kappa shape index (κ1) is 30.7. The van der Waals surface area contributed by atoms with Crippen LogP contribution in [-0.4, -0.2) is 16.5 Å². The summed E-state index contributed by atoms with van der Waals surface area (Å²) in [6.45, 7) is 6.49. The predicted molar refractivity (Wildman–Crippen MR) is 220 cm³/mol. The van der Waals surface area contributed by atoms with E-state index in [2.05, 4.69) is 169 Å². The Morgan fingerprint density at radius 3 is 2.06 bits per heavy atom. The third-order valence-corrected chi connectivity index (χ3v) is 10.8. The lowest BCUT2D eigenvalue weighted by Crippen LogP contribution is -2.04. The van der Waals surface area contributed by atoms with E-state index in [0.717, 1.165) is 44.6 Å². The molecule has 0 aliphatic rings. The molecule has 9 aromatic rings. The number of hydrogen-bond donors (Lipinski definition) is 1. The van der Waals surface area contributed by atoms with Crippen LogP contribution in [0.15, 0.2) is 180 Å². The molecule has 4 heteroatoms. The Bertz CT molecular complexity index is 2820. The van der Waals surface area contributed by atoms with Crippen molar-refractivity contribution in [1.29, 1.82) is 0 Å². The number of rotatable bonds is 6. The lowest BCUT2D eigenvalue weighted by Gasteiger charge is -2.10. The first-order chi connectivity index (χ1) is 25.1. The standard InChI is InChI=1S/C47H33N3S/c1-30(32-22-24-34(25-23-32)38-18-11-19-42-41-17-7-9-21-45(41)51-46(38)42)48-47(37-15-10-14-36(28-37)33-12-4-3-5-13-33)49-31(2)35-26-27-40-39-16-6-8-20-43(39)50-44(40)29-35/h3-29,50H,1H2,2H3. The molecule has 0 fully saturated rings. The van der Waals surface area contributed by atoms with Gasteiger partial charge in [-0.1, -0.05) is 146 Å². The summed E-state index contributed by atoms with van der Waals surface area (Å²) in [5, 5.41) is 5.02. The first-order valence-electron chi connectivity index (χ1n) is 17.1. The highest BCUT2D eigenvalue weighted by Gasteiger charge is 2.13. The number of hydrogen-bond acceptors (Lipinski definition) is 2. The van der Waals surface area contributed by atoms with Crippen molar-refractivity contribution in [2.45, 2.75) is 6.92 Å². The molecular formula is C47H33N3S. The fourth-order valence-electron chi connectivity index (χ4n) is 6.93. The minimum atomic E-state index is 0.617. The summed E-state index contributed by atoms with van der Waals surface area (Å²) < 4.78 is 2.61. The zero-order valence-corrected chi connectivity index (χ0v) is 28.9. The van der Waals surface area contributed by atoms with Crippen LogP contribution < -0.4 is 0 Å². The summed E-state index contributed by atoms with van der Waals surface area (Å²) in [6, 6.07) is 57.5. The van der Waals surface area contributed by atoms with Crippen molar-refractivity contribution < 1.29 is 0 Å². The Morgan fingerprint density at radius 2 is 1.20 bits per heavy atom. The quantitative estimate of drug-likeness (QED) is 0.135. The van der Waals surface area contributed by atoms with Gasteiger partial charge in [-0.05, 0) is 64.6 Å². The van der Waals surface area contributed by atoms with Crippen LogP contribution >= 0.6 is 11.3 Å². The molecule has 0 aliphatic heterocycles. The topological polar surface area (TPSA) is 40.5 Å². The van der Waals surface area contributed by atoms with Gasteiger partial charge >= 0.3 is 0 Å². The molecule has 0 atom stereocenters. The Morgan fingerprint density at radius 1 is 0.510 bits per heavy atom. The maximum atomic E-state index is 5.19. The van der Waals surface area contributed by atoms with Crippen LogP contribution in [0.1, 0.15) is 23.6 Å². The lowest BCUT2D eigenvalue weighted by atomic mass is 10.0. The molecule has 3 nitrogen and oxygen atoms in total. The number of amidine groups is 1. The minimum absolute atomic E-state index is 0.617. The van der Waals surface area contributed by atoms with Crippen molar-refractivity contribution in [3.05, 3.63) is 187 Å². The third kappa shape index (κ3) is 5.76. The van der Waals surface area contributed by atoms with E-state index >= 15 is 0 Å². The van der Waals surface area contributed by atoms with Gasteiger partial charge in [0.25, 0.3) is 0 Å². The second-order valence-corrected chi connectivity index (χ2v) is 13.9. The molecule has 2 heterocycles. The molecule has 0 radical (unpaired) electrons. The zero-order chi connectivity index (χ0) is 34.3. The molecule has 0 aliphatic carbocycles. The van der Waals surface area contributed by atoms with Gasteiger partial charge in [-0.25, -0.2) is 9.98 Å². The van der Waals surface area contributed by atoms with E-state index in [0.29, 0.717) is 11.5 Å². The van der Waals surface area contributed by atoms with Crippen LogP contribution in [0.25, 0.3) is 69.9 Å². The van der Waals surface area contributed by atoms with E-state index in [1.165, 1.54) is 42.1 Å². The number of benzene rings is 7. The summed E-state index contributed by atoms with van der Waals surface area (Å²) in [5.74, 6) is 0.617. The second-order valence-electron chi connectivity index (χ2n) is 12.8. The van der Waals surface area contributed by atoms with Gasteiger partial charge < -0.3 is 4.98 Å². The Labute approximate surface area is 300 Å². The van der Waals surface area contributed by atoms with Gasteiger partial charge in [0.15, 0.2) is 5.84 Å². The number of aliphatic imine (C=N–C) groups is 2. The maximum Gasteiger partial charge on any atom is 0.160 e. The van der Waals surface area contributed by atoms with Crippen LogP contribution in [0.4, 0.5) is 0 Å². The number of nitrogens with one attached hydrogen (secondary N) is 1. The van der Waals surface area contributed by atoms with Crippen molar-refractivity contribution in [3.8, 4) is 22.3 Å². The van der Waals surface area contributed by atoms with Crippen molar-refractivity contribution in [2.24, 2.45) is 9.98 Å². The van der Waals surface area contributed by atoms with Crippen LogP contribution in [-0.2, 0) is 0 Å². The SMILES string of the molecule is C=C(N=C(N=C(C)c1ccc2c(c1)[nH]c1ccccc12)c1cccc(-c2ccccc2)c1)c1ccc(-c2cccc3c2sc2ccccc23)cc1. The van der Waals surface area contributed by atoms with Crippen molar-refractivity contribution in [1.82, 2.24) is 4.98 Å². The second kappa shape index (κ2) is 12.8. The summed E-state index contributed by atoms with van der Waals surface area (Å²) >= 11 is 1.85. The average Bonchev–Trinajstić information content (AvgIpc) is 3.76. The molecule has 242 valence electrons. The van der Waals surface area contributed by atoms with E-state index in [9.17, 15) is 0 Å². The van der Waals surface area contributed by atoms with Gasteiger partial charge in [-0.15, -0.1) is 11.3 Å². The average molecular weight is 672 g/mol. The van der Waals surface area contributed by atoms with E-state index in [4.69, 9.17) is 9.98 Å².